The minimum Gasteiger partial charge on any atom is -0.479 e. The van der Waals surface area contributed by atoms with Crippen LogP contribution in [0.25, 0.3) is 0 Å². The van der Waals surface area contributed by atoms with Gasteiger partial charge in [-0.25, -0.2) is 13.6 Å². The van der Waals surface area contributed by atoms with Crippen molar-refractivity contribution in [2.24, 2.45) is 0 Å². The Morgan fingerprint density at radius 1 is 1.57 bits per heavy atom. The Balaban J connectivity index is 3.32. The van der Waals surface area contributed by atoms with Gasteiger partial charge in [-0.3, -0.25) is 0 Å². The number of hydrogen-bond donors (Lipinski definition) is 1. The Morgan fingerprint density at radius 3 is 2.64 bits per heavy atom. The van der Waals surface area contributed by atoms with Crippen molar-refractivity contribution in [2.75, 3.05) is 0 Å². The van der Waals surface area contributed by atoms with E-state index >= 15 is 0 Å². The van der Waals surface area contributed by atoms with Gasteiger partial charge in [-0.15, -0.1) is 0 Å². The fraction of sp³-hybridized carbons (Fsp3) is 0.222. The van der Waals surface area contributed by atoms with Crippen molar-refractivity contribution >= 4 is 21.9 Å². The molecule has 1 rings (SSSR count). The lowest BCUT2D eigenvalue weighted by Crippen LogP contribution is -2.10. The van der Waals surface area contributed by atoms with E-state index in [0.717, 1.165) is 0 Å². The van der Waals surface area contributed by atoms with E-state index in [1.165, 1.54) is 19.1 Å². The highest BCUT2D eigenvalue weighted by atomic mass is 79.9. The highest BCUT2D eigenvalue weighted by molar-refractivity contribution is 9.10. The van der Waals surface area contributed by atoms with Gasteiger partial charge in [-0.2, -0.15) is 0 Å². The maximum absolute atomic E-state index is 13.3. The Hall–Kier alpha value is -0.970. The molecule has 1 aromatic rings. The van der Waals surface area contributed by atoms with Crippen LogP contribution in [0.4, 0.5) is 8.78 Å². The van der Waals surface area contributed by atoms with Crippen LogP contribution < -0.4 is 0 Å². The van der Waals surface area contributed by atoms with Crippen LogP contribution in [0.2, 0.25) is 0 Å². The lowest BCUT2D eigenvalue weighted by Gasteiger charge is -2.09. The van der Waals surface area contributed by atoms with Gasteiger partial charge in [-0.1, -0.05) is 6.07 Å². The Kier molecular flexibility index (Phi) is 3.21. The normalized spacial score (nSPS) is 12.6. The molecule has 0 fully saturated rings. The van der Waals surface area contributed by atoms with E-state index in [1.807, 2.05) is 0 Å². The number of rotatable bonds is 2. The summed E-state index contributed by atoms with van der Waals surface area (Å²) in [6.45, 7) is 1.46. The molecule has 0 bridgehead atoms. The number of hydrogen-bond acceptors (Lipinski definition) is 1. The molecule has 0 radical (unpaired) electrons. The van der Waals surface area contributed by atoms with Crippen LogP contribution in [0, 0.1) is 12.7 Å². The molecule has 0 heterocycles. The third kappa shape index (κ3) is 1.92. The van der Waals surface area contributed by atoms with E-state index in [-0.39, 0.29) is 10.0 Å². The Morgan fingerprint density at radius 2 is 2.14 bits per heavy atom. The molecule has 5 heteroatoms. The predicted octanol–water partition coefficient (Wildman–Crippen LogP) is 2.99. The highest BCUT2D eigenvalue weighted by Gasteiger charge is 2.25. The number of carboxylic acid groups (broad SMARTS) is 1. The van der Waals surface area contributed by atoms with Crippen LogP contribution in [0.3, 0.4) is 0 Å². The van der Waals surface area contributed by atoms with E-state index in [1.54, 1.807) is 0 Å². The minimum absolute atomic E-state index is 0.0574. The van der Waals surface area contributed by atoms with Crippen molar-refractivity contribution in [1.29, 1.82) is 0 Å². The fourth-order valence-electron chi connectivity index (χ4n) is 1.10. The Labute approximate surface area is 87.7 Å². The molecule has 0 amide bonds. The molecule has 0 spiro atoms. The maximum Gasteiger partial charge on any atom is 0.343 e. The zero-order valence-electron chi connectivity index (χ0n) is 7.22. The average Bonchev–Trinajstić information content (AvgIpc) is 2.12. The third-order valence-electron chi connectivity index (χ3n) is 1.82. The fourth-order valence-corrected chi connectivity index (χ4v) is 1.44. The zero-order valence-corrected chi connectivity index (χ0v) is 8.81. The van der Waals surface area contributed by atoms with Gasteiger partial charge in [0.05, 0.1) is 4.47 Å². The van der Waals surface area contributed by atoms with Crippen LogP contribution in [-0.4, -0.2) is 11.1 Å². The number of aryl methyl sites for hydroxylation is 1. The number of carboxylic acids is 1. The minimum atomic E-state index is -2.33. The summed E-state index contributed by atoms with van der Waals surface area (Å²) in [4.78, 5) is 10.4. The van der Waals surface area contributed by atoms with Gasteiger partial charge < -0.3 is 5.11 Å². The van der Waals surface area contributed by atoms with E-state index in [9.17, 15) is 13.6 Å². The summed E-state index contributed by atoms with van der Waals surface area (Å²) in [6.07, 6.45) is -2.33. The lowest BCUT2D eigenvalue weighted by atomic mass is 10.0. The van der Waals surface area contributed by atoms with E-state index in [2.05, 4.69) is 15.9 Å². The molecule has 1 aromatic carbocycles. The number of aliphatic carboxylic acids is 1. The quantitative estimate of drug-likeness (QED) is 0.892. The SMILES string of the molecule is Cc1ccc(Br)c(F)c1C(F)C(=O)O. The van der Waals surface area contributed by atoms with E-state index in [0.29, 0.717) is 0 Å². The number of carbonyl (C=O) groups is 1. The van der Waals surface area contributed by atoms with Crippen LogP contribution in [0.15, 0.2) is 16.6 Å². The second-order valence-electron chi connectivity index (χ2n) is 2.79. The van der Waals surface area contributed by atoms with Crippen LogP contribution in [0.1, 0.15) is 17.3 Å². The third-order valence-corrected chi connectivity index (χ3v) is 2.43. The topological polar surface area (TPSA) is 37.3 Å². The first-order valence-electron chi connectivity index (χ1n) is 3.76. The van der Waals surface area contributed by atoms with Gasteiger partial charge in [0, 0.05) is 5.56 Å². The molecular weight excluding hydrogens is 258 g/mol. The van der Waals surface area contributed by atoms with Crippen LogP contribution in [-0.2, 0) is 4.79 Å². The van der Waals surface area contributed by atoms with Crippen molar-refractivity contribution in [1.82, 2.24) is 0 Å². The van der Waals surface area contributed by atoms with Gasteiger partial charge in [0.25, 0.3) is 0 Å². The molecule has 1 N–H and O–H groups in total. The summed E-state index contributed by atoms with van der Waals surface area (Å²) in [5, 5.41) is 8.42. The summed E-state index contributed by atoms with van der Waals surface area (Å²) >= 11 is 2.86. The van der Waals surface area contributed by atoms with E-state index in [4.69, 9.17) is 5.11 Å². The molecule has 0 saturated carbocycles. The molecule has 14 heavy (non-hydrogen) atoms. The molecule has 1 unspecified atom stereocenters. The van der Waals surface area contributed by atoms with Crippen molar-refractivity contribution in [3.8, 4) is 0 Å². The van der Waals surface area contributed by atoms with Crippen molar-refractivity contribution in [3.05, 3.63) is 33.5 Å². The van der Waals surface area contributed by atoms with Crippen molar-refractivity contribution in [3.63, 3.8) is 0 Å². The first kappa shape index (κ1) is 11.1. The molecule has 0 aliphatic heterocycles. The first-order chi connectivity index (χ1) is 6.45. The standard InChI is InChI=1S/C9H7BrF2O2/c1-4-2-3-5(10)7(11)6(4)8(12)9(13)14/h2-3,8H,1H3,(H,13,14). The molecule has 2 nitrogen and oxygen atoms in total. The summed E-state index contributed by atoms with van der Waals surface area (Å²) < 4.78 is 26.5. The second-order valence-corrected chi connectivity index (χ2v) is 3.65. The zero-order chi connectivity index (χ0) is 10.9. The van der Waals surface area contributed by atoms with Crippen LogP contribution >= 0.6 is 15.9 Å². The largest absolute Gasteiger partial charge is 0.479 e. The van der Waals surface area contributed by atoms with Crippen molar-refractivity contribution in [2.45, 2.75) is 13.1 Å². The van der Waals surface area contributed by atoms with Gasteiger partial charge in [0.1, 0.15) is 5.82 Å². The predicted molar refractivity (Wildman–Crippen MR) is 50.3 cm³/mol. The van der Waals surface area contributed by atoms with Gasteiger partial charge in [0.2, 0.25) is 6.17 Å². The van der Waals surface area contributed by atoms with Gasteiger partial charge in [-0.05, 0) is 34.5 Å². The summed E-state index contributed by atoms with van der Waals surface area (Å²) in [7, 11) is 0. The molecule has 1 atom stereocenters. The van der Waals surface area contributed by atoms with Crippen LogP contribution in [0.5, 0.6) is 0 Å². The smallest absolute Gasteiger partial charge is 0.343 e. The summed E-state index contributed by atoms with van der Waals surface area (Å²) in [5.74, 6) is -2.55. The van der Waals surface area contributed by atoms with Gasteiger partial charge >= 0.3 is 5.97 Å². The van der Waals surface area contributed by atoms with E-state index < -0.39 is 23.5 Å². The number of benzene rings is 1. The van der Waals surface area contributed by atoms with Gasteiger partial charge in [0.15, 0.2) is 0 Å². The molecule has 76 valence electrons. The molecular formula is C9H7BrF2O2. The second kappa shape index (κ2) is 4.04. The van der Waals surface area contributed by atoms with Crippen molar-refractivity contribution < 1.29 is 18.7 Å². The molecule has 0 saturated heterocycles. The molecule has 0 aliphatic rings. The number of alkyl halides is 1. The maximum atomic E-state index is 13.3. The summed E-state index contributed by atoms with van der Waals surface area (Å²) in [6, 6.07) is 2.86. The highest BCUT2D eigenvalue weighted by Crippen LogP contribution is 2.29. The molecule has 0 aromatic heterocycles. The lowest BCUT2D eigenvalue weighted by molar-refractivity contribution is -0.143. The summed E-state index contributed by atoms with van der Waals surface area (Å²) in [5.41, 5.74) is -0.146. The first-order valence-corrected chi connectivity index (χ1v) is 4.55. The molecule has 0 aliphatic carbocycles. The number of halogens is 3. The Bertz CT molecular complexity index is 379. The monoisotopic (exact) mass is 264 g/mol. The average molecular weight is 265 g/mol.